The first kappa shape index (κ1) is 13.9. The monoisotopic (exact) mass is 263 g/mol. The van der Waals surface area contributed by atoms with Crippen LogP contribution in [-0.2, 0) is 4.79 Å². The lowest BCUT2D eigenvalue weighted by molar-refractivity contribution is -0.128. The highest BCUT2D eigenvalue weighted by molar-refractivity contribution is 5.86. The number of amides is 1. The van der Waals surface area contributed by atoms with Gasteiger partial charge in [0.05, 0.1) is 0 Å². The van der Waals surface area contributed by atoms with Gasteiger partial charge in [0.25, 0.3) is 0 Å². The van der Waals surface area contributed by atoms with Gasteiger partial charge in [0, 0.05) is 19.7 Å². The van der Waals surface area contributed by atoms with Crippen molar-refractivity contribution >= 4 is 5.91 Å². The molecule has 0 aliphatic rings. The Morgan fingerprint density at radius 3 is 2.05 bits per heavy atom. The molecule has 1 atom stereocenters. The number of rotatable bonds is 2. The fourth-order valence-electron chi connectivity index (χ4n) is 1.87. The van der Waals surface area contributed by atoms with Crippen molar-refractivity contribution < 1.29 is 4.79 Å². The van der Waals surface area contributed by atoms with E-state index in [1.165, 1.54) is 0 Å². The lowest BCUT2D eigenvalue weighted by Crippen LogP contribution is -2.27. The predicted molar refractivity (Wildman–Crippen MR) is 81.2 cm³/mol. The Kier molecular flexibility index (Phi) is 4.57. The number of nitrogens with zero attached hydrogens (tertiary/aromatic N) is 1. The molecule has 2 rings (SSSR count). The van der Waals surface area contributed by atoms with E-state index in [-0.39, 0.29) is 5.91 Å². The fraction of sp³-hybridized carbons (Fsp3) is 0.167. The second-order valence-electron chi connectivity index (χ2n) is 4.71. The molecule has 0 radical (unpaired) electrons. The first-order valence-corrected chi connectivity index (χ1v) is 6.51. The minimum absolute atomic E-state index is 0.000342. The zero-order chi connectivity index (χ0) is 14.4. The molecule has 2 aromatic carbocycles. The van der Waals surface area contributed by atoms with Crippen molar-refractivity contribution in [3.05, 3.63) is 71.8 Å². The fourth-order valence-corrected chi connectivity index (χ4v) is 1.87. The minimum Gasteiger partial charge on any atom is -0.347 e. The molecule has 0 fully saturated rings. The molecule has 20 heavy (non-hydrogen) atoms. The quantitative estimate of drug-likeness (QED) is 0.763. The van der Waals surface area contributed by atoms with Gasteiger partial charge in [-0.1, -0.05) is 60.4 Å². The molecule has 1 unspecified atom stereocenters. The summed E-state index contributed by atoms with van der Waals surface area (Å²) in [4.78, 5) is 13.9. The Hall–Kier alpha value is -2.53. The number of carbonyl (C=O) groups excluding carboxylic acids is 1. The van der Waals surface area contributed by atoms with Gasteiger partial charge >= 0.3 is 0 Å². The third kappa shape index (κ3) is 3.49. The van der Waals surface area contributed by atoms with Crippen LogP contribution in [0.1, 0.15) is 17.0 Å². The third-order valence-electron chi connectivity index (χ3n) is 2.96. The van der Waals surface area contributed by atoms with Crippen LogP contribution in [0.25, 0.3) is 0 Å². The summed E-state index contributed by atoms with van der Waals surface area (Å²) in [5.41, 5.74) is 1.84. The lowest BCUT2D eigenvalue weighted by Gasteiger charge is -2.16. The molecule has 0 bridgehead atoms. The Bertz CT molecular complexity index is 621. The van der Waals surface area contributed by atoms with Crippen LogP contribution in [0.5, 0.6) is 0 Å². The van der Waals surface area contributed by atoms with Gasteiger partial charge in [-0.15, -0.1) is 0 Å². The molecule has 2 nitrogen and oxygen atoms in total. The van der Waals surface area contributed by atoms with Crippen LogP contribution in [0.15, 0.2) is 60.7 Å². The van der Waals surface area contributed by atoms with Crippen molar-refractivity contribution in [1.29, 1.82) is 0 Å². The zero-order valence-corrected chi connectivity index (χ0v) is 11.7. The van der Waals surface area contributed by atoms with Gasteiger partial charge in [-0.2, -0.15) is 0 Å². The molecule has 0 spiro atoms. The molecule has 0 aliphatic carbocycles. The van der Waals surface area contributed by atoms with Gasteiger partial charge in [-0.05, 0) is 17.7 Å². The van der Waals surface area contributed by atoms with E-state index in [0.717, 1.165) is 11.1 Å². The van der Waals surface area contributed by atoms with Crippen molar-refractivity contribution in [2.24, 2.45) is 0 Å². The smallest absolute Gasteiger partial charge is 0.241 e. The molecule has 1 amide bonds. The summed E-state index contributed by atoms with van der Waals surface area (Å²) in [6.07, 6.45) is 0. The Balaban J connectivity index is 2.34. The molecule has 0 aromatic heterocycles. The van der Waals surface area contributed by atoms with Gasteiger partial charge in [-0.3, -0.25) is 4.79 Å². The highest BCUT2D eigenvalue weighted by Gasteiger charge is 2.19. The highest BCUT2D eigenvalue weighted by Crippen LogP contribution is 2.17. The van der Waals surface area contributed by atoms with E-state index >= 15 is 0 Å². The van der Waals surface area contributed by atoms with Gasteiger partial charge in [0.15, 0.2) is 0 Å². The molecule has 0 N–H and O–H groups in total. The second-order valence-corrected chi connectivity index (χ2v) is 4.71. The van der Waals surface area contributed by atoms with E-state index in [4.69, 9.17) is 0 Å². The average molecular weight is 263 g/mol. The first-order chi connectivity index (χ1) is 9.68. The van der Waals surface area contributed by atoms with Crippen molar-refractivity contribution in [3.63, 3.8) is 0 Å². The molecular formula is C18H17NO. The van der Waals surface area contributed by atoms with Gasteiger partial charge in [0.1, 0.15) is 5.92 Å². The standard InChI is InChI=1S/C18H17NO/c1-19(2)18(20)17(16-11-7-4-8-12-16)14-13-15-9-5-3-6-10-15/h3-12,17H,1-2H3. The maximum absolute atomic E-state index is 12.3. The molecule has 2 aromatic rings. The summed E-state index contributed by atoms with van der Waals surface area (Å²) < 4.78 is 0. The number of benzene rings is 2. The van der Waals surface area contributed by atoms with Crippen LogP contribution in [-0.4, -0.2) is 24.9 Å². The third-order valence-corrected chi connectivity index (χ3v) is 2.96. The zero-order valence-electron chi connectivity index (χ0n) is 11.7. The van der Waals surface area contributed by atoms with Crippen molar-refractivity contribution in [2.45, 2.75) is 5.92 Å². The summed E-state index contributed by atoms with van der Waals surface area (Å²) in [6, 6.07) is 19.4. The van der Waals surface area contributed by atoms with Crippen LogP contribution in [0.2, 0.25) is 0 Å². The number of likely N-dealkylation sites (N-methyl/N-ethyl adjacent to an activating group) is 1. The highest BCUT2D eigenvalue weighted by atomic mass is 16.2. The number of hydrogen-bond donors (Lipinski definition) is 0. The van der Waals surface area contributed by atoms with E-state index in [9.17, 15) is 4.79 Å². The van der Waals surface area contributed by atoms with E-state index < -0.39 is 5.92 Å². The molecule has 100 valence electrons. The number of carbonyl (C=O) groups is 1. The summed E-state index contributed by atoms with van der Waals surface area (Å²) >= 11 is 0. The molecule has 2 heteroatoms. The summed E-state index contributed by atoms with van der Waals surface area (Å²) in [5.74, 6) is 5.75. The van der Waals surface area contributed by atoms with E-state index in [1.807, 2.05) is 60.7 Å². The van der Waals surface area contributed by atoms with Crippen LogP contribution in [0, 0.1) is 11.8 Å². The maximum atomic E-state index is 12.3. The normalized spacial score (nSPS) is 11.1. The maximum Gasteiger partial charge on any atom is 0.241 e. The van der Waals surface area contributed by atoms with Gasteiger partial charge in [-0.25, -0.2) is 0 Å². The molecule has 0 saturated carbocycles. The molecule has 0 saturated heterocycles. The largest absolute Gasteiger partial charge is 0.347 e. The van der Waals surface area contributed by atoms with Gasteiger partial charge in [0.2, 0.25) is 5.91 Å². The van der Waals surface area contributed by atoms with Crippen molar-refractivity contribution in [1.82, 2.24) is 4.90 Å². The Labute approximate surface area is 120 Å². The van der Waals surface area contributed by atoms with Crippen LogP contribution >= 0.6 is 0 Å². The van der Waals surface area contributed by atoms with Crippen LogP contribution in [0.3, 0.4) is 0 Å². The summed E-state index contributed by atoms with van der Waals surface area (Å²) in [6.45, 7) is 0. The molecular weight excluding hydrogens is 246 g/mol. The van der Waals surface area contributed by atoms with E-state index in [1.54, 1.807) is 19.0 Å². The van der Waals surface area contributed by atoms with Crippen molar-refractivity contribution in [2.75, 3.05) is 14.1 Å². The minimum atomic E-state index is -0.425. The molecule has 0 aliphatic heterocycles. The van der Waals surface area contributed by atoms with Crippen LogP contribution < -0.4 is 0 Å². The SMILES string of the molecule is CN(C)C(=O)C(C#Cc1ccccc1)c1ccccc1. The lowest BCUT2D eigenvalue weighted by atomic mass is 9.98. The van der Waals surface area contributed by atoms with E-state index in [2.05, 4.69) is 11.8 Å². The van der Waals surface area contributed by atoms with Gasteiger partial charge < -0.3 is 4.90 Å². The second kappa shape index (κ2) is 6.58. The first-order valence-electron chi connectivity index (χ1n) is 6.51. The predicted octanol–water partition coefficient (Wildman–Crippen LogP) is 2.91. The van der Waals surface area contributed by atoms with Crippen LogP contribution in [0.4, 0.5) is 0 Å². The Morgan fingerprint density at radius 1 is 0.950 bits per heavy atom. The summed E-state index contributed by atoms with van der Waals surface area (Å²) in [5, 5.41) is 0. The molecule has 0 heterocycles. The van der Waals surface area contributed by atoms with Crippen molar-refractivity contribution in [3.8, 4) is 11.8 Å². The van der Waals surface area contributed by atoms with E-state index in [0.29, 0.717) is 0 Å². The summed E-state index contributed by atoms with van der Waals surface area (Å²) in [7, 11) is 3.50. The average Bonchev–Trinajstić information content (AvgIpc) is 2.49. The Morgan fingerprint density at radius 2 is 1.50 bits per heavy atom. The number of hydrogen-bond acceptors (Lipinski definition) is 1. The topological polar surface area (TPSA) is 20.3 Å².